The van der Waals surface area contributed by atoms with Crippen molar-refractivity contribution in [3.05, 3.63) is 83.4 Å². The van der Waals surface area contributed by atoms with Gasteiger partial charge in [0.15, 0.2) is 0 Å². The molecular formula is C26H24N2O3. The van der Waals surface area contributed by atoms with Crippen LogP contribution in [0.15, 0.2) is 66.7 Å². The second kappa shape index (κ2) is 7.27. The third-order valence-corrected chi connectivity index (χ3v) is 6.57. The summed E-state index contributed by atoms with van der Waals surface area (Å²) in [6.07, 6.45) is 1.91. The van der Waals surface area contributed by atoms with E-state index in [-0.39, 0.29) is 5.91 Å². The van der Waals surface area contributed by atoms with E-state index in [2.05, 4.69) is 24.4 Å². The van der Waals surface area contributed by atoms with Crippen molar-refractivity contribution in [1.29, 1.82) is 0 Å². The molecule has 156 valence electrons. The predicted octanol–water partition coefficient (Wildman–Crippen LogP) is 5.37. The number of aryl methyl sites for hydroxylation is 1. The Balaban J connectivity index is 1.37. The minimum Gasteiger partial charge on any atom is -0.479 e. The van der Waals surface area contributed by atoms with Gasteiger partial charge in [-0.25, -0.2) is 4.79 Å². The lowest BCUT2D eigenvalue weighted by molar-refractivity contribution is -0.155. The second-order valence-corrected chi connectivity index (χ2v) is 8.52. The molecule has 0 bridgehead atoms. The van der Waals surface area contributed by atoms with Gasteiger partial charge in [-0.05, 0) is 73.2 Å². The van der Waals surface area contributed by atoms with Gasteiger partial charge in [0.25, 0.3) is 5.91 Å². The van der Waals surface area contributed by atoms with Gasteiger partial charge in [-0.3, -0.25) is 4.79 Å². The Morgan fingerprint density at radius 2 is 1.55 bits per heavy atom. The molecule has 1 amide bonds. The molecule has 31 heavy (non-hydrogen) atoms. The van der Waals surface area contributed by atoms with Crippen molar-refractivity contribution in [1.82, 2.24) is 4.90 Å². The number of hydrogen-bond donors (Lipinski definition) is 2. The van der Waals surface area contributed by atoms with Crippen LogP contribution in [0, 0.1) is 6.92 Å². The van der Waals surface area contributed by atoms with Crippen LogP contribution in [0.1, 0.15) is 40.7 Å². The number of nitrogens with zero attached hydrogens (tertiary/aromatic N) is 1. The number of hydrogen-bond acceptors (Lipinski definition) is 3. The Bertz CT molecular complexity index is 1160. The van der Waals surface area contributed by atoms with E-state index in [0.717, 1.165) is 34.5 Å². The van der Waals surface area contributed by atoms with Crippen LogP contribution in [0.4, 0.5) is 11.4 Å². The van der Waals surface area contributed by atoms with Gasteiger partial charge in [0, 0.05) is 23.5 Å². The second-order valence-electron chi connectivity index (χ2n) is 8.52. The van der Waals surface area contributed by atoms with Gasteiger partial charge < -0.3 is 15.3 Å². The molecule has 5 heteroatoms. The van der Waals surface area contributed by atoms with E-state index < -0.39 is 11.5 Å². The van der Waals surface area contributed by atoms with E-state index >= 15 is 0 Å². The first kappa shape index (κ1) is 19.4. The fourth-order valence-electron chi connectivity index (χ4n) is 4.49. The third kappa shape index (κ3) is 3.26. The number of anilines is 2. The number of amides is 1. The summed E-state index contributed by atoms with van der Waals surface area (Å²) < 4.78 is 0. The lowest BCUT2D eigenvalue weighted by Gasteiger charge is -2.44. The summed E-state index contributed by atoms with van der Waals surface area (Å²) >= 11 is 0. The molecule has 5 nitrogen and oxygen atoms in total. The maximum Gasteiger partial charge on any atom is 0.329 e. The van der Waals surface area contributed by atoms with E-state index in [1.165, 1.54) is 5.56 Å². The van der Waals surface area contributed by atoms with Gasteiger partial charge in [0.2, 0.25) is 0 Å². The first-order valence-electron chi connectivity index (χ1n) is 10.6. The van der Waals surface area contributed by atoms with E-state index in [9.17, 15) is 14.7 Å². The van der Waals surface area contributed by atoms with Crippen molar-refractivity contribution in [2.45, 2.75) is 38.3 Å². The first-order chi connectivity index (χ1) is 15.0. The largest absolute Gasteiger partial charge is 0.479 e. The maximum atomic E-state index is 13.1. The smallest absolute Gasteiger partial charge is 0.329 e. The van der Waals surface area contributed by atoms with Crippen LogP contribution in [-0.2, 0) is 11.3 Å². The molecule has 1 heterocycles. The van der Waals surface area contributed by atoms with Crippen molar-refractivity contribution >= 4 is 23.3 Å². The predicted molar refractivity (Wildman–Crippen MR) is 120 cm³/mol. The number of fused-ring (bicyclic) bond motifs is 1. The number of rotatable bonds is 5. The Hall–Kier alpha value is -3.60. The zero-order chi connectivity index (χ0) is 21.6. The molecule has 0 aromatic heterocycles. The topological polar surface area (TPSA) is 69.6 Å². The molecule has 2 N–H and O–H groups in total. The lowest BCUT2D eigenvalue weighted by Crippen LogP contribution is -2.59. The number of carbonyl (C=O) groups excluding carboxylic acids is 1. The number of nitrogens with one attached hydrogen (secondary N) is 1. The summed E-state index contributed by atoms with van der Waals surface area (Å²) in [6.45, 7) is 2.44. The SMILES string of the molecule is Cc1ccc(Nc2ccc(-c3ccc4c(c3)C(=O)N(C3(C(=O)O)CCC3)C4)cc2)cc1. The summed E-state index contributed by atoms with van der Waals surface area (Å²) in [5, 5.41) is 13.1. The molecule has 0 atom stereocenters. The van der Waals surface area contributed by atoms with Gasteiger partial charge in [0.1, 0.15) is 5.54 Å². The third-order valence-electron chi connectivity index (χ3n) is 6.57. The van der Waals surface area contributed by atoms with Crippen molar-refractivity contribution in [2.24, 2.45) is 0 Å². The Labute approximate surface area is 181 Å². The van der Waals surface area contributed by atoms with Gasteiger partial charge in [0.05, 0.1) is 0 Å². The van der Waals surface area contributed by atoms with Crippen LogP contribution in [0.5, 0.6) is 0 Å². The Kier molecular flexibility index (Phi) is 4.54. The van der Waals surface area contributed by atoms with E-state index in [4.69, 9.17) is 0 Å². The molecule has 3 aromatic carbocycles. The van der Waals surface area contributed by atoms with E-state index in [0.29, 0.717) is 24.9 Å². The van der Waals surface area contributed by atoms with Crippen molar-refractivity contribution in [3.63, 3.8) is 0 Å². The molecule has 1 saturated carbocycles. The highest BCUT2D eigenvalue weighted by molar-refractivity contribution is 6.02. The van der Waals surface area contributed by atoms with Crippen molar-refractivity contribution < 1.29 is 14.7 Å². The molecule has 1 fully saturated rings. The highest BCUT2D eigenvalue weighted by Crippen LogP contribution is 2.43. The van der Waals surface area contributed by atoms with Crippen molar-refractivity contribution in [3.8, 4) is 11.1 Å². The summed E-state index contributed by atoms with van der Waals surface area (Å²) in [7, 11) is 0. The molecule has 0 radical (unpaired) electrons. The van der Waals surface area contributed by atoms with Gasteiger partial charge in [-0.1, -0.05) is 42.0 Å². The van der Waals surface area contributed by atoms with E-state index in [1.54, 1.807) is 4.90 Å². The fraction of sp³-hybridized carbons (Fsp3) is 0.231. The van der Waals surface area contributed by atoms with Gasteiger partial charge >= 0.3 is 5.97 Å². The van der Waals surface area contributed by atoms with E-state index in [1.807, 2.05) is 54.6 Å². The highest BCUT2D eigenvalue weighted by atomic mass is 16.4. The first-order valence-corrected chi connectivity index (χ1v) is 10.6. The number of carbonyl (C=O) groups is 2. The minimum absolute atomic E-state index is 0.170. The summed E-state index contributed by atoms with van der Waals surface area (Å²) in [5.74, 6) is -1.06. The highest BCUT2D eigenvalue weighted by Gasteiger charge is 2.53. The Morgan fingerprint density at radius 1 is 0.935 bits per heavy atom. The molecule has 1 aliphatic heterocycles. The Morgan fingerprint density at radius 3 is 2.13 bits per heavy atom. The average molecular weight is 412 g/mol. The van der Waals surface area contributed by atoms with Crippen molar-refractivity contribution in [2.75, 3.05) is 5.32 Å². The normalized spacial score (nSPS) is 16.5. The fourth-order valence-corrected chi connectivity index (χ4v) is 4.49. The van der Waals surface area contributed by atoms with Crippen LogP contribution in [0.25, 0.3) is 11.1 Å². The molecule has 2 aliphatic rings. The van der Waals surface area contributed by atoms with Gasteiger partial charge in [-0.2, -0.15) is 0 Å². The summed E-state index contributed by atoms with van der Waals surface area (Å²) in [4.78, 5) is 26.5. The molecule has 0 spiro atoms. The van der Waals surface area contributed by atoms with Gasteiger partial charge in [-0.15, -0.1) is 0 Å². The number of carboxylic acid groups (broad SMARTS) is 1. The monoisotopic (exact) mass is 412 g/mol. The zero-order valence-corrected chi connectivity index (χ0v) is 17.4. The lowest BCUT2D eigenvalue weighted by atomic mass is 9.75. The molecule has 0 saturated heterocycles. The summed E-state index contributed by atoms with van der Waals surface area (Å²) in [6, 6.07) is 22.2. The molecule has 5 rings (SSSR count). The quantitative estimate of drug-likeness (QED) is 0.591. The zero-order valence-electron chi connectivity index (χ0n) is 17.4. The molecule has 3 aromatic rings. The molecule has 0 unspecified atom stereocenters. The van der Waals surface area contributed by atoms with Crippen LogP contribution in [0.3, 0.4) is 0 Å². The van der Waals surface area contributed by atoms with Crippen LogP contribution in [-0.4, -0.2) is 27.4 Å². The van der Waals surface area contributed by atoms with Crippen LogP contribution in [0.2, 0.25) is 0 Å². The number of carboxylic acids is 1. The average Bonchev–Trinajstić information content (AvgIpc) is 3.05. The maximum absolute atomic E-state index is 13.1. The minimum atomic E-state index is -1.03. The molecular weight excluding hydrogens is 388 g/mol. The summed E-state index contributed by atoms with van der Waals surface area (Å²) in [5.41, 5.74) is 5.70. The number of aliphatic carboxylic acids is 1. The number of benzene rings is 3. The van der Waals surface area contributed by atoms with Crippen LogP contribution >= 0.6 is 0 Å². The molecule has 1 aliphatic carbocycles. The standard InChI is InChI=1S/C26H24N2O3/c1-17-3-9-21(10-4-17)27-22-11-7-18(8-12-22)19-5-6-20-16-28(24(29)23(20)15-19)26(25(30)31)13-2-14-26/h3-12,15,27H,2,13-14,16H2,1H3,(H,30,31). The van der Waals surface area contributed by atoms with Crippen LogP contribution < -0.4 is 5.32 Å².